The Kier molecular flexibility index (Phi) is 3.36. The summed E-state index contributed by atoms with van der Waals surface area (Å²) >= 11 is 11.7. The highest BCUT2D eigenvalue weighted by atomic mass is 35.5. The zero-order valence-electron chi connectivity index (χ0n) is 8.65. The quantitative estimate of drug-likeness (QED) is 0.837. The molecule has 2 rings (SSSR count). The van der Waals surface area contributed by atoms with Crippen molar-refractivity contribution in [3.05, 3.63) is 63.6 Å². The van der Waals surface area contributed by atoms with Gasteiger partial charge in [-0.3, -0.25) is 4.79 Å². The van der Waals surface area contributed by atoms with Gasteiger partial charge in [-0.05, 0) is 30.3 Å². The zero-order valence-corrected chi connectivity index (χ0v) is 10.2. The van der Waals surface area contributed by atoms with Gasteiger partial charge in [0.2, 0.25) is 0 Å². The van der Waals surface area contributed by atoms with Crippen molar-refractivity contribution in [2.24, 2.45) is 0 Å². The molecule has 1 N–H and O–H groups in total. The van der Waals surface area contributed by atoms with Crippen LogP contribution in [0.1, 0.15) is 15.9 Å². The van der Waals surface area contributed by atoms with Crippen molar-refractivity contribution in [2.75, 3.05) is 0 Å². The molecule has 0 bridgehead atoms. The van der Waals surface area contributed by atoms with Crippen molar-refractivity contribution in [1.29, 1.82) is 0 Å². The van der Waals surface area contributed by atoms with Gasteiger partial charge in [-0.2, -0.15) is 0 Å². The lowest BCUT2D eigenvalue weighted by molar-refractivity contribution is 0.103. The Morgan fingerprint density at radius 3 is 2.35 bits per heavy atom. The van der Waals surface area contributed by atoms with Gasteiger partial charge in [-0.1, -0.05) is 35.3 Å². The second-order valence-electron chi connectivity index (χ2n) is 3.47. The van der Waals surface area contributed by atoms with Gasteiger partial charge in [-0.15, -0.1) is 0 Å². The number of para-hydroxylation sites is 1. The van der Waals surface area contributed by atoms with E-state index in [-0.39, 0.29) is 22.1 Å². The molecule has 4 heteroatoms. The number of phenolic OH excluding ortho intramolecular Hbond substituents is 1. The molecule has 2 aromatic rings. The number of carbonyl (C=O) groups is 1. The Bertz CT molecular complexity index is 579. The van der Waals surface area contributed by atoms with Crippen LogP contribution >= 0.6 is 23.2 Å². The van der Waals surface area contributed by atoms with E-state index < -0.39 is 0 Å². The number of phenols is 1. The monoisotopic (exact) mass is 266 g/mol. The lowest BCUT2D eigenvalue weighted by Crippen LogP contribution is -2.02. The molecule has 0 fully saturated rings. The van der Waals surface area contributed by atoms with E-state index in [2.05, 4.69) is 0 Å². The maximum atomic E-state index is 12.1. The van der Waals surface area contributed by atoms with E-state index in [1.807, 2.05) is 0 Å². The molecule has 0 aliphatic rings. The Balaban J connectivity index is 2.48. The van der Waals surface area contributed by atoms with E-state index >= 15 is 0 Å². The highest BCUT2D eigenvalue weighted by molar-refractivity contribution is 6.37. The highest BCUT2D eigenvalue weighted by Gasteiger charge is 2.15. The zero-order chi connectivity index (χ0) is 12.4. The van der Waals surface area contributed by atoms with Gasteiger partial charge in [-0.25, -0.2) is 0 Å². The van der Waals surface area contributed by atoms with Crippen molar-refractivity contribution >= 4 is 29.0 Å². The number of hydrogen-bond donors (Lipinski definition) is 1. The number of aromatic hydroxyl groups is 1. The predicted molar refractivity (Wildman–Crippen MR) is 68.0 cm³/mol. The number of rotatable bonds is 2. The SMILES string of the molecule is O=C(c1ccccc1O)c1ccc(Cl)cc1Cl. The second-order valence-corrected chi connectivity index (χ2v) is 4.31. The van der Waals surface area contributed by atoms with Gasteiger partial charge < -0.3 is 5.11 Å². The van der Waals surface area contributed by atoms with Crippen molar-refractivity contribution < 1.29 is 9.90 Å². The Morgan fingerprint density at radius 1 is 1.00 bits per heavy atom. The molecular weight excluding hydrogens is 259 g/mol. The first kappa shape index (κ1) is 12.0. The summed E-state index contributed by atoms with van der Waals surface area (Å²) in [6.07, 6.45) is 0. The fraction of sp³-hybridized carbons (Fsp3) is 0. The van der Waals surface area contributed by atoms with Gasteiger partial charge in [0.25, 0.3) is 0 Å². The van der Waals surface area contributed by atoms with Crippen LogP contribution in [0.5, 0.6) is 5.75 Å². The van der Waals surface area contributed by atoms with Crippen LogP contribution in [-0.4, -0.2) is 10.9 Å². The van der Waals surface area contributed by atoms with Crippen LogP contribution in [0.4, 0.5) is 0 Å². The first-order valence-electron chi connectivity index (χ1n) is 4.87. The minimum atomic E-state index is -0.329. The molecule has 0 heterocycles. The molecular formula is C13H8Cl2O2. The highest BCUT2D eigenvalue weighted by Crippen LogP contribution is 2.26. The van der Waals surface area contributed by atoms with Crippen LogP contribution in [0.15, 0.2) is 42.5 Å². The molecule has 0 saturated heterocycles. The van der Waals surface area contributed by atoms with Gasteiger partial charge in [0.15, 0.2) is 5.78 Å². The topological polar surface area (TPSA) is 37.3 Å². The van der Waals surface area contributed by atoms with E-state index in [1.54, 1.807) is 30.3 Å². The van der Waals surface area contributed by atoms with Crippen LogP contribution in [0.2, 0.25) is 10.0 Å². The molecule has 2 aromatic carbocycles. The number of benzene rings is 2. The molecule has 2 nitrogen and oxygen atoms in total. The fourth-order valence-electron chi connectivity index (χ4n) is 1.48. The fourth-order valence-corrected chi connectivity index (χ4v) is 1.98. The van der Waals surface area contributed by atoms with Crippen LogP contribution < -0.4 is 0 Å². The predicted octanol–water partition coefficient (Wildman–Crippen LogP) is 3.93. The molecule has 17 heavy (non-hydrogen) atoms. The normalized spacial score (nSPS) is 10.2. The summed E-state index contributed by atoms with van der Waals surface area (Å²) in [5, 5.41) is 10.3. The minimum Gasteiger partial charge on any atom is -0.507 e. The van der Waals surface area contributed by atoms with E-state index in [9.17, 15) is 9.90 Å². The van der Waals surface area contributed by atoms with E-state index in [0.717, 1.165) is 0 Å². The maximum Gasteiger partial charge on any atom is 0.198 e. The molecule has 86 valence electrons. The van der Waals surface area contributed by atoms with Crippen molar-refractivity contribution in [3.8, 4) is 5.75 Å². The summed E-state index contributed by atoms with van der Waals surface area (Å²) in [6.45, 7) is 0. The largest absolute Gasteiger partial charge is 0.507 e. The average Bonchev–Trinajstić information content (AvgIpc) is 2.29. The summed E-state index contributed by atoms with van der Waals surface area (Å²) in [6, 6.07) is 10.9. The summed E-state index contributed by atoms with van der Waals surface area (Å²) in [4.78, 5) is 12.1. The molecule has 0 atom stereocenters. The lowest BCUT2D eigenvalue weighted by atomic mass is 10.0. The molecule has 0 aromatic heterocycles. The lowest BCUT2D eigenvalue weighted by Gasteiger charge is -2.05. The standard InChI is InChI=1S/C13H8Cl2O2/c14-8-5-6-9(11(15)7-8)13(17)10-3-1-2-4-12(10)16/h1-7,16H. The van der Waals surface area contributed by atoms with E-state index in [0.29, 0.717) is 10.6 Å². The molecule has 0 aliphatic carbocycles. The van der Waals surface area contributed by atoms with Gasteiger partial charge in [0.1, 0.15) is 5.75 Å². The Labute approximate surface area is 108 Å². The summed E-state index contributed by atoms with van der Waals surface area (Å²) in [7, 11) is 0. The number of halogens is 2. The van der Waals surface area contributed by atoms with Crippen LogP contribution in [0, 0.1) is 0 Å². The smallest absolute Gasteiger partial charge is 0.198 e. The van der Waals surface area contributed by atoms with Crippen molar-refractivity contribution in [1.82, 2.24) is 0 Å². The third-order valence-electron chi connectivity index (χ3n) is 2.32. The third-order valence-corrected chi connectivity index (χ3v) is 2.87. The summed E-state index contributed by atoms with van der Waals surface area (Å²) in [5.74, 6) is -0.395. The maximum absolute atomic E-state index is 12.1. The Hall–Kier alpha value is -1.51. The van der Waals surface area contributed by atoms with Gasteiger partial charge >= 0.3 is 0 Å². The third kappa shape index (κ3) is 2.43. The van der Waals surface area contributed by atoms with Crippen molar-refractivity contribution in [2.45, 2.75) is 0 Å². The van der Waals surface area contributed by atoms with E-state index in [4.69, 9.17) is 23.2 Å². The minimum absolute atomic E-state index is 0.0662. The summed E-state index contributed by atoms with van der Waals surface area (Å²) < 4.78 is 0. The first-order chi connectivity index (χ1) is 8.09. The average molecular weight is 267 g/mol. The number of carbonyl (C=O) groups excluding carboxylic acids is 1. The van der Waals surface area contributed by atoms with Crippen LogP contribution in [-0.2, 0) is 0 Å². The molecule has 0 amide bonds. The van der Waals surface area contributed by atoms with E-state index in [1.165, 1.54) is 12.1 Å². The van der Waals surface area contributed by atoms with Gasteiger partial charge in [0.05, 0.1) is 10.6 Å². The molecule has 0 saturated carbocycles. The molecule has 0 aliphatic heterocycles. The first-order valence-corrected chi connectivity index (χ1v) is 5.63. The summed E-state index contributed by atoms with van der Waals surface area (Å²) in [5.41, 5.74) is 0.536. The van der Waals surface area contributed by atoms with Crippen LogP contribution in [0.25, 0.3) is 0 Å². The number of ketones is 1. The molecule has 0 unspecified atom stereocenters. The van der Waals surface area contributed by atoms with Crippen molar-refractivity contribution in [3.63, 3.8) is 0 Å². The molecule has 0 spiro atoms. The second kappa shape index (κ2) is 4.78. The van der Waals surface area contributed by atoms with Gasteiger partial charge in [0, 0.05) is 10.6 Å². The Morgan fingerprint density at radius 2 is 1.71 bits per heavy atom. The molecule has 0 radical (unpaired) electrons. The number of hydrogen-bond acceptors (Lipinski definition) is 2. The van der Waals surface area contributed by atoms with Crippen LogP contribution in [0.3, 0.4) is 0 Å².